The lowest BCUT2D eigenvalue weighted by atomic mass is 9.89. The first-order chi connectivity index (χ1) is 9.43. The first kappa shape index (κ1) is 14.5. The van der Waals surface area contributed by atoms with Crippen LogP contribution in [0.4, 0.5) is 0 Å². The monoisotopic (exact) mass is 276 g/mol. The third-order valence-electron chi connectivity index (χ3n) is 3.27. The van der Waals surface area contributed by atoms with Gasteiger partial charge in [0.25, 0.3) is 5.91 Å². The van der Waals surface area contributed by atoms with Crippen LogP contribution in [0.5, 0.6) is 0 Å². The Morgan fingerprint density at radius 3 is 2.85 bits per heavy atom. The highest BCUT2D eigenvalue weighted by Crippen LogP contribution is 2.21. The molecule has 0 aliphatic heterocycles. The lowest BCUT2D eigenvalue weighted by molar-refractivity contribution is 0.0175. The Kier molecular flexibility index (Phi) is 4.04. The van der Waals surface area contributed by atoms with Gasteiger partial charge in [0.15, 0.2) is 0 Å². The summed E-state index contributed by atoms with van der Waals surface area (Å²) in [4.78, 5) is 23.3. The van der Waals surface area contributed by atoms with Gasteiger partial charge in [-0.2, -0.15) is 0 Å². The van der Waals surface area contributed by atoms with Crippen molar-refractivity contribution in [3.8, 4) is 0 Å². The molecule has 0 radical (unpaired) electrons. The third kappa shape index (κ3) is 2.96. The van der Waals surface area contributed by atoms with E-state index in [-0.39, 0.29) is 17.4 Å². The van der Waals surface area contributed by atoms with Crippen molar-refractivity contribution in [2.24, 2.45) is 5.41 Å². The summed E-state index contributed by atoms with van der Waals surface area (Å²) < 4.78 is 5.42. The Labute approximate surface area is 118 Å². The quantitative estimate of drug-likeness (QED) is 0.891. The van der Waals surface area contributed by atoms with Crippen LogP contribution < -0.4 is 5.32 Å². The highest BCUT2D eigenvalue weighted by atomic mass is 16.5. The first-order valence-electron chi connectivity index (χ1n) is 6.52. The molecule has 0 saturated carbocycles. The van der Waals surface area contributed by atoms with E-state index in [1.807, 2.05) is 0 Å². The summed E-state index contributed by atoms with van der Waals surface area (Å²) >= 11 is 0. The van der Waals surface area contributed by atoms with Crippen molar-refractivity contribution >= 4 is 16.9 Å². The van der Waals surface area contributed by atoms with Crippen LogP contribution >= 0.6 is 0 Å². The number of carbonyl (C=O) groups excluding carboxylic acids is 1. The van der Waals surface area contributed by atoms with Gasteiger partial charge >= 0.3 is 0 Å². The highest BCUT2D eigenvalue weighted by Gasteiger charge is 2.25. The minimum atomic E-state index is -0.219. The largest absolute Gasteiger partial charge is 0.379 e. The number of methoxy groups -OCH3 is 1. The molecule has 2 aromatic rings. The van der Waals surface area contributed by atoms with Crippen LogP contribution in [0.2, 0.25) is 0 Å². The topological polar surface area (TPSA) is 79.9 Å². The number of hydrogen-bond acceptors (Lipinski definition) is 4. The maximum atomic E-state index is 12.2. The van der Waals surface area contributed by atoms with Crippen molar-refractivity contribution in [1.82, 2.24) is 20.3 Å². The molecule has 20 heavy (non-hydrogen) atoms. The molecule has 108 valence electrons. The summed E-state index contributed by atoms with van der Waals surface area (Å²) in [5.74, 6) is -0.219. The number of aromatic amines is 1. The number of amides is 1. The molecule has 2 N–H and O–H groups in total. The van der Waals surface area contributed by atoms with Gasteiger partial charge in [0.1, 0.15) is 17.7 Å². The number of aromatic nitrogens is 3. The fraction of sp³-hybridized carbons (Fsp3) is 0.500. The zero-order chi connectivity index (χ0) is 14.8. The Bertz CT molecular complexity index is 600. The van der Waals surface area contributed by atoms with Crippen molar-refractivity contribution in [3.63, 3.8) is 0 Å². The molecule has 2 aromatic heterocycles. The minimum absolute atomic E-state index is 0.0445. The van der Waals surface area contributed by atoms with Crippen LogP contribution in [0.25, 0.3) is 11.0 Å². The van der Waals surface area contributed by atoms with Gasteiger partial charge in [0.05, 0.1) is 11.5 Å². The second-order valence-electron chi connectivity index (χ2n) is 5.76. The number of ether oxygens (including phenoxy) is 1. The molecule has 0 saturated heterocycles. The van der Waals surface area contributed by atoms with Gasteiger partial charge in [-0.05, 0) is 11.5 Å². The van der Waals surface area contributed by atoms with Gasteiger partial charge in [-0.25, -0.2) is 9.97 Å². The molecular weight excluding hydrogens is 256 g/mol. The predicted octanol–water partition coefficient (Wildman–Crippen LogP) is 1.75. The van der Waals surface area contributed by atoms with Crippen LogP contribution in [0.15, 0.2) is 18.6 Å². The maximum absolute atomic E-state index is 12.2. The highest BCUT2D eigenvalue weighted by molar-refractivity contribution is 6.03. The molecule has 0 spiro atoms. The molecule has 2 heterocycles. The van der Waals surface area contributed by atoms with Crippen LogP contribution in [-0.2, 0) is 4.74 Å². The summed E-state index contributed by atoms with van der Waals surface area (Å²) in [6, 6.07) is 1.79. The number of hydrogen-bond donors (Lipinski definition) is 2. The number of nitrogens with zero attached hydrogens (tertiary/aromatic N) is 2. The van der Waals surface area contributed by atoms with E-state index in [1.165, 1.54) is 6.33 Å². The van der Waals surface area contributed by atoms with E-state index in [9.17, 15) is 4.79 Å². The molecule has 1 amide bonds. The molecule has 0 bridgehead atoms. The van der Waals surface area contributed by atoms with Crippen LogP contribution in [0.3, 0.4) is 0 Å². The number of rotatable bonds is 4. The fourth-order valence-electron chi connectivity index (χ4n) is 2.07. The Hall–Kier alpha value is -1.95. The first-order valence-corrected chi connectivity index (χ1v) is 6.52. The van der Waals surface area contributed by atoms with E-state index in [0.717, 1.165) is 5.39 Å². The van der Waals surface area contributed by atoms with Crippen molar-refractivity contribution in [2.45, 2.75) is 26.9 Å². The van der Waals surface area contributed by atoms with Crippen LogP contribution in [-0.4, -0.2) is 40.6 Å². The fourth-order valence-corrected chi connectivity index (χ4v) is 2.07. The Balaban J connectivity index is 2.11. The minimum Gasteiger partial charge on any atom is -0.379 e. The predicted molar refractivity (Wildman–Crippen MR) is 76.5 cm³/mol. The van der Waals surface area contributed by atoms with Crippen LogP contribution in [0, 0.1) is 5.41 Å². The lowest BCUT2D eigenvalue weighted by Gasteiger charge is -2.29. The van der Waals surface area contributed by atoms with Crippen molar-refractivity contribution < 1.29 is 9.53 Å². The second-order valence-corrected chi connectivity index (χ2v) is 5.76. The standard InChI is InChI=1S/C14H20N4O2/c1-14(2,3)10(20-4)7-16-13(19)11-9-5-6-15-12(9)18-8-17-11/h5-6,8,10H,7H2,1-4H3,(H,16,19)(H,15,17,18). The lowest BCUT2D eigenvalue weighted by Crippen LogP contribution is -2.40. The molecule has 1 atom stereocenters. The number of carbonyl (C=O) groups is 1. The summed E-state index contributed by atoms with van der Waals surface area (Å²) in [5, 5.41) is 3.59. The van der Waals surface area contributed by atoms with Gasteiger partial charge in [-0.15, -0.1) is 0 Å². The van der Waals surface area contributed by atoms with Crippen molar-refractivity contribution in [1.29, 1.82) is 0 Å². The molecule has 2 rings (SSSR count). The van der Waals surface area contributed by atoms with Gasteiger partial charge in [-0.3, -0.25) is 4.79 Å². The van der Waals surface area contributed by atoms with E-state index in [0.29, 0.717) is 17.9 Å². The Morgan fingerprint density at radius 2 is 2.20 bits per heavy atom. The summed E-state index contributed by atoms with van der Waals surface area (Å²) in [6.07, 6.45) is 3.06. The zero-order valence-corrected chi connectivity index (χ0v) is 12.2. The Morgan fingerprint density at radius 1 is 1.45 bits per heavy atom. The van der Waals surface area contributed by atoms with Gasteiger partial charge < -0.3 is 15.0 Å². The number of H-pyrrole nitrogens is 1. The van der Waals surface area contributed by atoms with Crippen molar-refractivity contribution in [2.75, 3.05) is 13.7 Å². The molecular formula is C14H20N4O2. The molecule has 0 aliphatic carbocycles. The van der Waals surface area contributed by atoms with E-state index in [2.05, 4.69) is 41.0 Å². The van der Waals surface area contributed by atoms with E-state index < -0.39 is 0 Å². The van der Waals surface area contributed by atoms with Gasteiger partial charge in [0, 0.05) is 19.9 Å². The number of fused-ring (bicyclic) bond motifs is 1. The van der Waals surface area contributed by atoms with Crippen LogP contribution in [0.1, 0.15) is 31.3 Å². The summed E-state index contributed by atoms with van der Waals surface area (Å²) in [7, 11) is 1.65. The zero-order valence-electron chi connectivity index (χ0n) is 12.2. The second kappa shape index (κ2) is 5.58. The molecule has 6 heteroatoms. The van der Waals surface area contributed by atoms with Crippen molar-refractivity contribution in [3.05, 3.63) is 24.3 Å². The van der Waals surface area contributed by atoms with E-state index >= 15 is 0 Å². The summed E-state index contributed by atoms with van der Waals surface area (Å²) in [6.45, 7) is 6.65. The maximum Gasteiger partial charge on any atom is 0.270 e. The molecule has 0 fully saturated rings. The SMILES string of the molecule is COC(CNC(=O)c1ncnc2[nH]ccc12)C(C)(C)C. The number of nitrogens with one attached hydrogen (secondary N) is 2. The van der Waals surface area contributed by atoms with E-state index in [1.54, 1.807) is 19.4 Å². The molecule has 6 nitrogen and oxygen atoms in total. The van der Waals surface area contributed by atoms with E-state index in [4.69, 9.17) is 4.74 Å². The average molecular weight is 276 g/mol. The van der Waals surface area contributed by atoms with Gasteiger partial charge in [-0.1, -0.05) is 20.8 Å². The normalized spacial score (nSPS) is 13.4. The smallest absolute Gasteiger partial charge is 0.270 e. The molecule has 0 aliphatic rings. The third-order valence-corrected chi connectivity index (χ3v) is 3.27. The van der Waals surface area contributed by atoms with Gasteiger partial charge in [0.2, 0.25) is 0 Å². The molecule has 0 aromatic carbocycles. The molecule has 1 unspecified atom stereocenters. The average Bonchev–Trinajstić information content (AvgIpc) is 2.85. The summed E-state index contributed by atoms with van der Waals surface area (Å²) in [5.41, 5.74) is 0.987.